The minimum absolute atomic E-state index is 0.0163. The average Bonchev–Trinajstić information content (AvgIpc) is 2.80. The van der Waals surface area contributed by atoms with Crippen LogP contribution < -0.4 is 10.1 Å². The Morgan fingerprint density at radius 2 is 1.67 bits per heavy atom. The maximum absolute atomic E-state index is 12.9. The molecule has 2 aromatic carbocycles. The predicted molar refractivity (Wildman–Crippen MR) is 120 cm³/mol. The molecule has 0 spiro atoms. The molecule has 0 atom stereocenters. The monoisotopic (exact) mass is 408 g/mol. The zero-order valence-electron chi connectivity index (χ0n) is 17.9. The van der Waals surface area contributed by atoms with Crippen LogP contribution in [0, 0.1) is 0 Å². The molecule has 0 aliphatic carbocycles. The highest BCUT2D eigenvalue weighted by atomic mass is 16.5. The van der Waals surface area contributed by atoms with Crippen molar-refractivity contribution in [3.8, 4) is 5.75 Å². The maximum Gasteiger partial charge on any atom is 0.255 e. The molecule has 5 nitrogen and oxygen atoms in total. The fraction of sp³-hybridized carbons (Fsp3) is 0.440. The van der Waals surface area contributed by atoms with Crippen LogP contribution in [0.4, 0.5) is 5.69 Å². The standard InChI is InChI=1S/C25H32N2O3/c1-2-3-4-10-19-30-21-15-13-20(14-16-21)24(28)26-23-12-7-6-11-22(23)25(29)27-17-8-5-9-18-27/h6-7,11-16H,2-5,8-10,17-19H2,1H3,(H,26,28). The topological polar surface area (TPSA) is 58.6 Å². The molecular formula is C25H32N2O3. The van der Waals surface area contributed by atoms with Crippen molar-refractivity contribution in [1.82, 2.24) is 4.90 Å². The number of unbranched alkanes of at least 4 members (excludes halogenated alkanes) is 3. The number of hydrogen-bond acceptors (Lipinski definition) is 3. The van der Waals surface area contributed by atoms with Crippen LogP contribution in [-0.2, 0) is 0 Å². The number of ether oxygens (including phenoxy) is 1. The van der Waals surface area contributed by atoms with Gasteiger partial charge in [0.15, 0.2) is 0 Å². The number of piperidine rings is 1. The fourth-order valence-electron chi connectivity index (χ4n) is 3.66. The van der Waals surface area contributed by atoms with Gasteiger partial charge in [0.2, 0.25) is 0 Å². The highest BCUT2D eigenvalue weighted by molar-refractivity contribution is 6.09. The van der Waals surface area contributed by atoms with E-state index < -0.39 is 0 Å². The molecule has 1 aliphatic rings. The van der Waals surface area contributed by atoms with E-state index in [1.807, 2.05) is 29.2 Å². The zero-order valence-corrected chi connectivity index (χ0v) is 17.9. The minimum Gasteiger partial charge on any atom is -0.494 e. The number of benzene rings is 2. The highest BCUT2D eigenvalue weighted by Crippen LogP contribution is 2.21. The summed E-state index contributed by atoms with van der Waals surface area (Å²) in [5.41, 5.74) is 1.63. The molecule has 2 aromatic rings. The van der Waals surface area contributed by atoms with E-state index in [9.17, 15) is 9.59 Å². The molecule has 0 saturated carbocycles. The van der Waals surface area contributed by atoms with Crippen LogP contribution in [0.25, 0.3) is 0 Å². The molecule has 5 heteroatoms. The van der Waals surface area contributed by atoms with Gasteiger partial charge in [-0.2, -0.15) is 0 Å². The molecule has 30 heavy (non-hydrogen) atoms. The number of para-hydroxylation sites is 1. The van der Waals surface area contributed by atoms with Gasteiger partial charge in [-0.3, -0.25) is 9.59 Å². The molecular weight excluding hydrogens is 376 g/mol. The van der Waals surface area contributed by atoms with Gasteiger partial charge in [0, 0.05) is 18.7 Å². The van der Waals surface area contributed by atoms with Gasteiger partial charge in [-0.15, -0.1) is 0 Å². The van der Waals surface area contributed by atoms with E-state index in [1.165, 1.54) is 25.7 Å². The number of likely N-dealkylation sites (tertiary alicyclic amines) is 1. The van der Waals surface area contributed by atoms with Gasteiger partial charge < -0.3 is 15.0 Å². The van der Waals surface area contributed by atoms with Gasteiger partial charge in [0.05, 0.1) is 17.9 Å². The lowest BCUT2D eigenvalue weighted by molar-refractivity contribution is 0.0725. The second-order valence-electron chi connectivity index (χ2n) is 7.79. The van der Waals surface area contributed by atoms with Crippen LogP contribution in [-0.4, -0.2) is 36.4 Å². The molecule has 3 rings (SSSR count). The van der Waals surface area contributed by atoms with Crippen molar-refractivity contribution >= 4 is 17.5 Å². The number of carbonyl (C=O) groups excluding carboxylic acids is 2. The molecule has 0 radical (unpaired) electrons. The van der Waals surface area contributed by atoms with Crippen LogP contribution >= 0.6 is 0 Å². The van der Waals surface area contributed by atoms with Crippen LogP contribution in [0.1, 0.15) is 72.6 Å². The molecule has 0 bridgehead atoms. The second-order valence-corrected chi connectivity index (χ2v) is 7.79. The molecule has 0 unspecified atom stereocenters. The Bertz CT molecular complexity index is 827. The first-order valence-electron chi connectivity index (χ1n) is 11.1. The first-order valence-corrected chi connectivity index (χ1v) is 11.1. The van der Waals surface area contributed by atoms with Crippen molar-refractivity contribution in [2.75, 3.05) is 25.0 Å². The smallest absolute Gasteiger partial charge is 0.255 e. The third-order valence-corrected chi connectivity index (χ3v) is 5.43. The molecule has 2 amide bonds. The van der Waals surface area contributed by atoms with Gasteiger partial charge in [-0.1, -0.05) is 38.3 Å². The van der Waals surface area contributed by atoms with Crippen molar-refractivity contribution in [1.29, 1.82) is 0 Å². The first-order chi connectivity index (χ1) is 14.7. The van der Waals surface area contributed by atoms with Crippen molar-refractivity contribution < 1.29 is 14.3 Å². The summed E-state index contributed by atoms with van der Waals surface area (Å²) in [6, 6.07) is 14.4. The second kappa shape index (κ2) is 11.4. The minimum atomic E-state index is -0.233. The summed E-state index contributed by atoms with van der Waals surface area (Å²) < 4.78 is 5.74. The van der Waals surface area contributed by atoms with E-state index in [4.69, 9.17) is 4.74 Å². The number of rotatable bonds is 9. The number of amides is 2. The van der Waals surface area contributed by atoms with Crippen LogP contribution in [0.2, 0.25) is 0 Å². The number of anilines is 1. The molecule has 1 fully saturated rings. The summed E-state index contributed by atoms with van der Waals surface area (Å²) in [6.45, 7) is 4.44. The Labute approximate surface area is 179 Å². The largest absolute Gasteiger partial charge is 0.494 e. The highest BCUT2D eigenvalue weighted by Gasteiger charge is 2.21. The molecule has 160 valence electrons. The van der Waals surface area contributed by atoms with Gasteiger partial charge in [0.25, 0.3) is 11.8 Å². The lowest BCUT2D eigenvalue weighted by Crippen LogP contribution is -2.36. The van der Waals surface area contributed by atoms with Crippen LogP contribution in [0.15, 0.2) is 48.5 Å². The molecule has 0 aromatic heterocycles. The zero-order chi connectivity index (χ0) is 21.2. The predicted octanol–water partition coefficient (Wildman–Crippen LogP) is 5.52. The average molecular weight is 409 g/mol. The molecule has 1 N–H and O–H groups in total. The van der Waals surface area contributed by atoms with Gasteiger partial charge in [-0.05, 0) is 62.1 Å². The van der Waals surface area contributed by atoms with Crippen molar-refractivity contribution in [2.45, 2.75) is 51.9 Å². The summed E-state index contributed by atoms with van der Waals surface area (Å²) in [4.78, 5) is 27.5. The van der Waals surface area contributed by atoms with Crippen LogP contribution in [0.3, 0.4) is 0 Å². The van der Waals surface area contributed by atoms with E-state index in [-0.39, 0.29) is 11.8 Å². The van der Waals surface area contributed by atoms with E-state index in [0.717, 1.165) is 38.1 Å². The summed E-state index contributed by atoms with van der Waals surface area (Å²) in [7, 11) is 0. The Morgan fingerprint density at radius 3 is 2.40 bits per heavy atom. The number of nitrogens with one attached hydrogen (secondary N) is 1. The SMILES string of the molecule is CCCCCCOc1ccc(C(=O)Nc2ccccc2C(=O)N2CCCCC2)cc1. The maximum atomic E-state index is 12.9. The lowest BCUT2D eigenvalue weighted by Gasteiger charge is -2.27. The van der Waals surface area contributed by atoms with E-state index in [1.54, 1.807) is 24.3 Å². The normalized spacial score (nSPS) is 13.7. The van der Waals surface area contributed by atoms with Crippen LogP contribution in [0.5, 0.6) is 5.75 Å². The number of hydrogen-bond donors (Lipinski definition) is 1. The third kappa shape index (κ3) is 6.09. The first kappa shape index (κ1) is 21.9. The molecule has 1 heterocycles. The lowest BCUT2D eigenvalue weighted by atomic mass is 10.1. The summed E-state index contributed by atoms with van der Waals surface area (Å²) in [5, 5.41) is 2.91. The summed E-state index contributed by atoms with van der Waals surface area (Å²) >= 11 is 0. The Kier molecular flexibility index (Phi) is 8.30. The van der Waals surface area contributed by atoms with Gasteiger partial charge in [-0.25, -0.2) is 0 Å². The summed E-state index contributed by atoms with van der Waals surface area (Å²) in [6.07, 6.45) is 7.88. The molecule has 1 saturated heterocycles. The van der Waals surface area contributed by atoms with E-state index in [2.05, 4.69) is 12.2 Å². The number of carbonyl (C=O) groups is 2. The van der Waals surface area contributed by atoms with Crippen molar-refractivity contribution in [3.63, 3.8) is 0 Å². The van der Waals surface area contributed by atoms with Gasteiger partial charge in [0.1, 0.15) is 5.75 Å². The van der Waals surface area contributed by atoms with E-state index >= 15 is 0 Å². The Balaban J connectivity index is 1.60. The Morgan fingerprint density at radius 1 is 0.933 bits per heavy atom. The van der Waals surface area contributed by atoms with E-state index in [0.29, 0.717) is 23.4 Å². The van der Waals surface area contributed by atoms with Gasteiger partial charge >= 0.3 is 0 Å². The Hall–Kier alpha value is -2.82. The van der Waals surface area contributed by atoms with Crippen molar-refractivity contribution in [2.24, 2.45) is 0 Å². The summed E-state index contributed by atoms with van der Waals surface area (Å²) in [5.74, 6) is 0.518. The van der Waals surface area contributed by atoms with Crippen molar-refractivity contribution in [3.05, 3.63) is 59.7 Å². The fourth-order valence-corrected chi connectivity index (χ4v) is 3.66. The number of nitrogens with zero attached hydrogens (tertiary/aromatic N) is 1. The quantitative estimate of drug-likeness (QED) is 0.556. The molecule has 1 aliphatic heterocycles. The third-order valence-electron chi connectivity index (χ3n) is 5.43.